The van der Waals surface area contributed by atoms with Gasteiger partial charge >= 0.3 is 6.18 Å². The molecule has 1 fully saturated rings. The number of anilines is 1. The third kappa shape index (κ3) is 5.61. The van der Waals surface area contributed by atoms with E-state index in [0.29, 0.717) is 62.0 Å². The molecule has 31 heavy (non-hydrogen) atoms. The van der Waals surface area contributed by atoms with E-state index in [-0.39, 0.29) is 5.91 Å². The first-order valence-electron chi connectivity index (χ1n) is 9.97. The lowest BCUT2D eigenvalue weighted by molar-refractivity contribution is -0.137. The summed E-state index contributed by atoms with van der Waals surface area (Å²) in [6, 6.07) is 10.6. The van der Waals surface area contributed by atoms with Crippen LogP contribution in [0.25, 0.3) is 0 Å². The summed E-state index contributed by atoms with van der Waals surface area (Å²) in [5, 5.41) is 2.88. The van der Waals surface area contributed by atoms with Gasteiger partial charge in [0.25, 0.3) is 5.91 Å². The normalized spacial score (nSPS) is 14.9. The Hall–Kier alpha value is -2.94. The number of nitrogens with one attached hydrogen (secondary N) is 1. The predicted molar refractivity (Wildman–Crippen MR) is 112 cm³/mol. The Morgan fingerprint density at radius 3 is 2.19 bits per heavy atom. The number of rotatable bonds is 7. The zero-order valence-electron chi connectivity index (χ0n) is 17.5. The molecule has 1 N–H and O–H groups in total. The molecule has 3 rings (SSSR count). The third-order valence-electron chi connectivity index (χ3n) is 5.28. The van der Waals surface area contributed by atoms with Crippen LogP contribution < -0.4 is 19.7 Å². The maximum absolute atomic E-state index is 12.9. The van der Waals surface area contributed by atoms with E-state index in [0.717, 1.165) is 6.07 Å². The molecule has 0 aromatic heterocycles. The van der Waals surface area contributed by atoms with Crippen LogP contribution in [-0.2, 0) is 6.18 Å². The first-order valence-corrected chi connectivity index (χ1v) is 9.97. The summed E-state index contributed by atoms with van der Waals surface area (Å²) in [6.07, 6.45) is -4.35. The van der Waals surface area contributed by atoms with Crippen LogP contribution in [-0.4, -0.2) is 64.3 Å². The minimum atomic E-state index is -4.35. The molecule has 1 amide bonds. The van der Waals surface area contributed by atoms with E-state index in [1.54, 1.807) is 24.3 Å². The van der Waals surface area contributed by atoms with Gasteiger partial charge in [-0.2, -0.15) is 13.2 Å². The average Bonchev–Trinajstić information content (AvgIpc) is 2.78. The van der Waals surface area contributed by atoms with Gasteiger partial charge in [0.05, 0.1) is 19.8 Å². The largest absolute Gasteiger partial charge is 0.496 e. The maximum Gasteiger partial charge on any atom is 0.416 e. The molecule has 2 aromatic rings. The molecule has 6 nitrogen and oxygen atoms in total. The van der Waals surface area contributed by atoms with E-state index in [1.807, 2.05) is 4.90 Å². The second kappa shape index (κ2) is 9.91. The van der Waals surface area contributed by atoms with Crippen molar-refractivity contribution < 1.29 is 27.4 Å². The molecule has 0 saturated carbocycles. The van der Waals surface area contributed by atoms with Crippen molar-refractivity contribution in [1.82, 2.24) is 10.2 Å². The van der Waals surface area contributed by atoms with Crippen LogP contribution in [0, 0.1) is 0 Å². The van der Waals surface area contributed by atoms with Crippen LogP contribution in [0.15, 0.2) is 42.5 Å². The number of methoxy groups -OCH3 is 2. The second-order valence-corrected chi connectivity index (χ2v) is 7.17. The molecule has 9 heteroatoms. The van der Waals surface area contributed by atoms with Crippen molar-refractivity contribution in [2.24, 2.45) is 0 Å². The fraction of sp³-hybridized carbons (Fsp3) is 0.409. The van der Waals surface area contributed by atoms with Crippen molar-refractivity contribution in [3.05, 3.63) is 53.6 Å². The molecule has 0 radical (unpaired) electrons. The lowest BCUT2D eigenvalue weighted by atomic mass is 10.1. The molecule has 1 aliphatic heterocycles. The first kappa shape index (κ1) is 22.7. The summed E-state index contributed by atoms with van der Waals surface area (Å²) in [4.78, 5) is 16.7. The first-order chi connectivity index (χ1) is 14.8. The lowest BCUT2D eigenvalue weighted by Crippen LogP contribution is -2.48. The highest BCUT2D eigenvalue weighted by Gasteiger charge is 2.31. The molecule has 0 atom stereocenters. The van der Waals surface area contributed by atoms with Crippen LogP contribution in [0.5, 0.6) is 11.5 Å². The molecule has 0 spiro atoms. The number of piperazine rings is 1. The maximum atomic E-state index is 12.9. The number of carbonyl (C=O) groups excluding carboxylic acids is 1. The third-order valence-corrected chi connectivity index (χ3v) is 5.28. The Bertz CT molecular complexity index is 875. The number of hydrogen-bond acceptors (Lipinski definition) is 5. The molecule has 0 aliphatic carbocycles. The van der Waals surface area contributed by atoms with Crippen molar-refractivity contribution in [3.63, 3.8) is 0 Å². The zero-order valence-corrected chi connectivity index (χ0v) is 17.5. The van der Waals surface area contributed by atoms with Gasteiger partial charge in [-0.15, -0.1) is 0 Å². The van der Waals surface area contributed by atoms with E-state index in [4.69, 9.17) is 9.47 Å². The minimum Gasteiger partial charge on any atom is -0.496 e. The molecule has 1 aliphatic rings. The topological polar surface area (TPSA) is 54.0 Å². The van der Waals surface area contributed by atoms with E-state index < -0.39 is 11.7 Å². The van der Waals surface area contributed by atoms with Crippen molar-refractivity contribution in [2.45, 2.75) is 6.18 Å². The average molecular weight is 437 g/mol. The van der Waals surface area contributed by atoms with E-state index in [2.05, 4.69) is 10.2 Å². The molecule has 168 valence electrons. The molecule has 0 unspecified atom stereocenters. The zero-order chi connectivity index (χ0) is 22.4. The van der Waals surface area contributed by atoms with Gasteiger partial charge in [0.1, 0.15) is 17.1 Å². The number of nitrogens with zero attached hydrogens (tertiary/aromatic N) is 2. The van der Waals surface area contributed by atoms with Gasteiger partial charge in [-0.1, -0.05) is 12.1 Å². The molecule has 1 saturated heterocycles. The van der Waals surface area contributed by atoms with Gasteiger partial charge in [0.15, 0.2) is 0 Å². The van der Waals surface area contributed by atoms with Crippen molar-refractivity contribution >= 4 is 11.6 Å². The fourth-order valence-electron chi connectivity index (χ4n) is 3.60. The predicted octanol–water partition coefficient (Wildman–Crippen LogP) is 3.27. The van der Waals surface area contributed by atoms with E-state index >= 15 is 0 Å². The van der Waals surface area contributed by atoms with Crippen LogP contribution in [0.3, 0.4) is 0 Å². The second-order valence-electron chi connectivity index (χ2n) is 7.17. The highest BCUT2D eigenvalue weighted by atomic mass is 19.4. The van der Waals surface area contributed by atoms with Crippen LogP contribution in [0.2, 0.25) is 0 Å². The Kier molecular flexibility index (Phi) is 7.27. The van der Waals surface area contributed by atoms with Crippen LogP contribution >= 0.6 is 0 Å². The molecule has 2 aromatic carbocycles. The monoisotopic (exact) mass is 437 g/mol. The summed E-state index contributed by atoms with van der Waals surface area (Å²) in [5.41, 5.74) is 0.287. The Morgan fingerprint density at radius 2 is 1.61 bits per heavy atom. The van der Waals surface area contributed by atoms with Crippen molar-refractivity contribution in [1.29, 1.82) is 0 Å². The van der Waals surface area contributed by atoms with Crippen molar-refractivity contribution in [2.75, 3.05) is 58.4 Å². The number of carbonyl (C=O) groups is 1. The molecule has 0 bridgehead atoms. The van der Waals surface area contributed by atoms with Crippen LogP contribution in [0.1, 0.15) is 15.9 Å². The summed E-state index contributed by atoms with van der Waals surface area (Å²) in [6.45, 7) is 3.71. The SMILES string of the molecule is COc1cccc(OC)c1C(=O)NCCN1CCN(c2cccc(C(F)(F)F)c2)CC1. The summed E-state index contributed by atoms with van der Waals surface area (Å²) < 4.78 is 49.4. The summed E-state index contributed by atoms with van der Waals surface area (Å²) in [5.74, 6) is 0.593. The Labute approximate surface area is 179 Å². The highest BCUT2D eigenvalue weighted by molar-refractivity contribution is 5.99. The fourth-order valence-corrected chi connectivity index (χ4v) is 3.60. The van der Waals surface area contributed by atoms with Gasteiger partial charge in [0, 0.05) is 45.0 Å². The Balaban J connectivity index is 1.50. The standard InChI is InChI=1S/C22H26F3N3O3/c1-30-18-7-4-8-19(31-2)20(18)21(29)26-9-10-27-11-13-28(14-12-27)17-6-3-5-16(15-17)22(23,24)25/h3-8,15H,9-14H2,1-2H3,(H,26,29). The number of ether oxygens (including phenoxy) is 2. The molecule has 1 heterocycles. The highest BCUT2D eigenvalue weighted by Crippen LogP contribution is 2.32. The smallest absolute Gasteiger partial charge is 0.416 e. The number of alkyl halides is 3. The van der Waals surface area contributed by atoms with Gasteiger partial charge in [-0.3, -0.25) is 9.69 Å². The number of benzene rings is 2. The number of hydrogen-bond donors (Lipinski definition) is 1. The van der Waals surface area contributed by atoms with E-state index in [1.165, 1.54) is 26.4 Å². The van der Waals surface area contributed by atoms with Gasteiger partial charge in [0.2, 0.25) is 0 Å². The van der Waals surface area contributed by atoms with Crippen molar-refractivity contribution in [3.8, 4) is 11.5 Å². The van der Waals surface area contributed by atoms with Crippen LogP contribution in [0.4, 0.5) is 18.9 Å². The van der Waals surface area contributed by atoms with Gasteiger partial charge in [-0.25, -0.2) is 0 Å². The summed E-state index contributed by atoms with van der Waals surface area (Å²) >= 11 is 0. The van der Waals surface area contributed by atoms with Gasteiger partial charge in [-0.05, 0) is 30.3 Å². The molecular weight excluding hydrogens is 411 g/mol. The van der Waals surface area contributed by atoms with E-state index in [9.17, 15) is 18.0 Å². The lowest BCUT2D eigenvalue weighted by Gasteiger charge is -2.36. The summed E-state index contributed by atoms with van der Waals surface area (Å²) in [7, 11) is 2.99. The number of amides is 1. The van der Waals surface area contributed by atoms with Gasteiger partial charge < -0.3 is 19.7 Å². The quantitative estimate of drug-likeness (QED) is 0.721. The number of halogens is 3. The minimum absolute atomic E-state index is 0.281. The molecular formula is C22H26F3N3O3. The Morgan fingerprint density at radius 1 is 1.00 bits per heavy atom.